The van der Waals surface area contributed by atoms with Crippen LogP contribution in [-0.4, -0.2) is 73.7 Å². The molecule has 174 valence electrons. The van der Waals surface area contributed by atoms with Crippen molar-refractivity contribution in [3.8, 4) is 0 Å². The van der Waals surface area contributed by atoms with E-state index in [0.717, 1.165) is 44.5 Å². The first kappa shape index (κ1) is 25.8. The number of nitrogens with one attached hydrogen (secondary N) is 3. The molecule has 1 aliphatic carbocycles. The molecule has 0 aromatic carbocycles. The number of carbonyl (C=O) groups excluding carboxylic acids is 1. The number of halogens is 1. The van der Waals surface area contributed by atoms with Crippen molar-refractivity contribution >= 4 is 41.7 Å². The minimum Gasteiger partial charge on any atom is -0.379 e. The summed E-state index contributed by atoms with van der Waals surface area (Å²) in [6.07, 6.45) is 6.65. The molecule has 2 fully saturated rings. The summed E-state index contributed by atoms with van der Waals surface area (Å²) >= 11 is 0. The predicted molar refractivity (Wildman–Crippen MR) is 135 cm³/mol. The number of guanidine groups is 1. The molecular formula is C22H37IN6O2. The average Bonchev–Trinajstić information content (AvgIpc) is 2.77. The molecule has 0 atom stereocenters. The molecule has 2 heterocycles. The van der Waals surface area contributed by atoms with Crippen molar-refractivity contribution in [2.75, 3.05) is 51.8 Å². The number of carbonyl (C=O) groups is 1. The van der Waals surface area contributed by atoms with Crippen molar-refractivity contribution in [2.45, 2.75) is 51.0 Å². The van der Waals surface area contributed by atoms with Crippen LogP contribution in [0.4, 0.5) is 5.82 Å². The van der Waals surface area contributed by atoms with Crippen molar-refractivity contribution in [2.24, 2.45) is 4.99 Å². The van der Waals surface area contributed by atoms with Crippen LogP contribution in [0.5, 0.6) is 0 Å². The lowest BCUT2D eigenvalue weighted by atomic mass is 9.80. The molecule has 0 unspecified atom stereocenters. The van der Waals surface area contributed by atoms with E-state index in [0.29, 0.717) is 18.8 Å². The summed E-state index contributed by atoms with van der Waals surface area (Å²) in [7, 11) is 1.77. The maximum atomic E-state index is 12.2. The van der Waals surface area contributed by atoms with Crippen molar-refractivity contribution < 1.29 is 9.53 Å². The fraction of sp³-hybridized carbons (Fsp3) is 0.682. The molecule has 1 amide bonds. The third kappa shape index (κ3) is 7.87. The Morgan fingerprint density at radius 1 is 1.19 bits per heavy atom. The normalized spacial score (nSPS) is 19.2. The first-order valence-electron chi connectivity index (χ1n) is 11.1. The highest BCUT2D eigenvalue weighted by Gasteiger charge is 2.38. The number of aliphatic imine (C=N–C) groups is 1. The van der Waals surface area contributed by atoms with Gasteiger partial charge < -0.3 is 20.7 Å². The Labute approximate surface area is 203 Å². The zero-order chi connectivity index (χ0) is 21.2. The standard InChI is InChI=1S/C22H36N6O2.HI/c1-18-7-6-8-19(26-18)27-20(29)9-12-24-21(23-2)25-17-22(10-4-3-5-11-22)28-13-15-30-16-14-28;/h6-8H,3-5,9-17H2,1-2H3,(H2,23,24,25)(H,26,27,29);1H. The molecule has 1 aromatic heterocycles. The number of aromatic nitrogens is 1. The summed E-state index contributed by atoms with van der Waals surface area (Å²) in [6.45, 7) is 6.93. The second kappa shape index (κ2) is 13.2. The summed E-state index contributed by atoms with van der Waals surface area (Å²) in [5.74, 6) is 1.27. The van der Waals surface area contributed by atoms with E-state index in [-0.39, 0.29) is 35.4 Å². The second-order valence-corrected chi connectivity index (χ2v) is 8.20. The van der Waals surface area contributed by atoms with Crippen LogP contribution in [0.25, 0.3) is 0 Å². The molecule has 0 spiro atoms. The van der Waals surface area contributed by atoms with E-state index in [2.05, 4.69) is 30.8 Å². The van der Waals surface area contributed by atoms with Gasteiger partial charge in [-0.1, -0.05) is 25.3 Å². The summed E-state index contributed by atoms with van der Waals surface area (Å²) in [4.78, 5) is 23.4. The Hall–Kier alpha value is -1.46. The van der Waals surface area contributed by atoms with Crippen molar-refractivity contribution in [3.05, 3.63) is 23.9 Å². The number of rotatable bonds is 7. The summed E-state index contributed by atoms with van der Waals surface area (Å²) < 4.78 is 5.57. The third-order valence-corrected chi connectivity index (χ3v) is 6.07. The molecule has 0 bridgehead atoms. The molecular weight excluding hydrogens is 507 g/mol. The zero-order valence-electron chi connectivity index (χ0n) is 18.8. The highest BCUT2D eigenvalue weighted by molar-refractivity contribution is 14.0. The van der Waals surface area contributed by atoms with Gasteiger partial charge in [-0.2, -0.15) is 0 Å². The van der Waals surface area contributed by atoms with E-state index in [1.165, 1.54) is 32.1 Å². The van der Waals surface area contributed by atoms with Gasteiger partial charge in [0.2, 0.25) is 5.91 Å². The Balaban J connectivity index is 0.00000341. The van der Waals surface area contributed by atoms with Crippen LogP contribution in [-0.2, 0) is 9.53 Å². The van der Waals surface area contributed by atoms with Gasteiger partial charge in [-0.05, 0) is 31.9 Å². The molecule has 31 heavy (non-hydrogen) atoms. The van der Waals surface area contributed by atoms with E-state index >= 15 is 0 Å². The first-order valence-corrected chi connectivity index (χ1v) is 11.1. The maximum Gasteiger partial charge on any atom is 0.227 e. The Morgan fingerprint density at radius 3 is 2.61 bits per heavy atom. The van der Waals surface area contributed by atoms with Gasteiger partial charge in [0.25, 0.3) is 0 Å². The number of amides is 1. The van der Waals surface area contributed by atoms with Crippen LogP contribution in [0.1, 0.15) is 44.2 Å². The number of hydrogen-bond donors (Lipinski definition) is 3. The van der Waals surface area contributed by atoms with Crippen LogP contribution in [0.15, 0.2) is 23.2 Å². The Bertz CT molecular complexity index is 718. The monoisotopic (exact) mass is 544 g/mol. The van der Waals surface area contributed by atoms with E-state index in [9.17, 15) is 4.79 Å². The van der Waals surface area contributed by atoms with Crippen molar-refractivity contribution in [3.63, 3.8) is 0 Å². The van der Waals surface area contributed by atoms with E-state index in [1.54, 1.807) is 13.1 Å². The molecule has 1 aromatic rings. The summed E-state index contributed by atoms with van der Waals surface area (Å²) in [5, 5.41) is 9.63. The quantitative estimate of drug-likeness (QED) is 0.278. The number of ether oxygens (including phenoxy) is 1. The van der Waals surface area contributed by atoms with E-state index in [4.69, 9.17) is 4.74 Å². The molecule has 1 saturated heterocycles. The molecule has 2 aliphatic rings. The van der Waals surface area contributed by atoms with Crippen LogP contribution in [0.2, 0.25) is 0 Å². The van der Waals surface area contributed by atoms with Crippen LogP contribution in [0, 0.1) is 6.92 Å². The lowest BCUT2D eigenvalue weighted by molar-refractivity contribution is -0.116. The fourth-order valence-electron chi connectivity index (χ4n) is 4.43. The minimum absolute atomic E-state index is 0. The largest absolute Gasteiger partial charge is 0.379 e. The number of morpholine rings is 1. The summed E-state index contributed by atoms with van der Waals surface area (Å²) in [5.41, 5.74) is 1.06. The number of pyridine rings is 1. The smallest absolute Gasteiger partial charge is 0.227 e. The van der Waals surface area contributed by atoms with Gasteiger partial charge in [0, 0.05) is 50.9 Å². The van der Waals surface area contributed by atoms with Gasteiger partial charge in [0.1, 0.15) is 5.82 Å². The number of nitrogens with zero attached hydrogens (tertiary/aromatic N) is 3. The van der Waals surface area contributed by atoms with Gasteiger partial charge in [0.05, 0.1) is 13.2 Å². The predicted octanol–water partition coefficient (Wildman–Crippen LogP) is 2.54. The first-order chi connectivity index (χ1) is 14.6. The van der Waals surface area contributed by atoms with Gasteiger partial charge in [-0.15, -0.1) is 24.0 Å². The zero-order valence-corrected chi connectivity index (χ0v) is 21.1. The summed E-state index contributed by atoms with van der Waals surface area (Å²) in [6, 6.07) is 5.59. The maximum absolute atomic E-state index is 12.2. The van der Waals surface area contributed by atoms with E-state index < -0.39 is 0 Å². The van der Waals surface area contributed by atoms with Crippen LogP contribution in [0.3, 0.4) is 0 Å². The van der Waals surface area contributed by atoms with Gasteiger partial charge in [-0.25, -0.2) is 4.98 Å². The average molecular weight is 544 g/mol. The van der Waals surface area contributed by atoms with Crippen molar-refractivity contribution in [1.82, 2.24) is 20.5 Å². The highest BCUT2D eigenvalue weighted by Crippen LogP contribution is 2.33. The van der Waals surface area contributed by atoms with E-state index in [1.807, 2.05) is 19.1 Å². The van der Waals surface area contributed by atoms with Gasteiger partial charge in [-0.3, -0.25) is 14.7 Å². The molecule has 1 saturated carbocycles. The molecule has 8 nitrogen and oxygen atoms in total. The highest BCUT2D eigenvalue weighted by atomic mass is 127. The Morgan fingerprint density at radius 2 is 1.94 bits per heavy atom. The third-order valence-electron chi connectivity index (χ3n) is 6.07. The molecule has 1 aliphatic heterocycles. The van der Waals surface area contributed by atoms with Gasteiger partial charge in [0.15, 0.2) is 5.96 Å². The fourth-order valence-corrected chi connectivity index (χ4v) is 4.43. The molecule has 0 radical (unpaired) electrons. The molecule has 3 N–H and O–H groups in total. The number of aryl methyl sites for hydroxylation is 1. The topological polar surface area (TPSA) is 90.9 Å². The van der Waals surface area contributed by atoms with Gasteiger partial charge >= 0.3 is 0 Å². The molecule has 3 rings (SSSR count). The number of hydrogen-bond acceptors (Lipinski definition) is 5. The lowest BCUT2D eigenvalue weighted by Gasteiger charge is -2.48. The molecule has 9 heteroatoms. The lowest BCUT2D eigenvalue weighted by Crippen LogP contribution is -2.60. The minimum atomic E-state index is -0.0619. The Kier molecular flexibility index (Phi) is 11.0. The van der Waals surface area contributed by atoms with Crippen LogP contribution < -0.4 is 16.0 Å². The van der Waals surface area contributed by atoms with Crippen LogP contribution >= 0.6 is 24.0 Å². The SMILES string of the molecule is CN=C(NCCC(=O)Nc1cccc(C)n1)NCC1(N2CCOCC2)CCCCC1.I. The number of anilines is 1. The second-order valence-electron chi connectivity index (χ2n) is 8.20. The van der Waals surface area contributed by atoms with Crippen molar-refractivity contribution in [1.29, 1.82) is 0 Å².